The monoisotopic (exact) mass is 572 g/mol. The van der Waals surface area contributed by atoms with Gasteiger partial charge in [0, 0.05) is 30.1 Å². The zero-order valence-corrected chi connectivity index (χ0v) is 24.5. The first-order valence-electron chi connectivity index (χ1n) is 13.8. The van der Waals surface area contributed by atoms with Crippen molar-refractivity contribution in [2.45, 2.75) is 52.9 Å². The molecule has 0 spiro atoms. The van der Waals surface area contributed by atoms with Gasteiger partial charge in [-0.1, -0.05) is 36.4 Å². The highest BCUT2D eigenvalue weighted by Gasteiger charge is 2.18. The third-order valence-electron chi connectivity index (χ3n) is 6.21. The van der Waals surface area contributed by atoms with Gasteiger partial charge in [-0.2, -0.15) is 0 Å². The molecule has 220 valence electrons. The lowest BCUT2D eigenvalue weighted by Crippen LogP contribution is -2.32. The van der Waals surface area contributed by atoms with Crippen LogP contribution in [0.15, 0.2) is 71.1 Å². The number of ether oxygens (including phenoxy) is 3. The van der Waals surface area contributed by atoms with Crippen LogP contribution in [0.5, 0.6) is 5.75 Å². The smallest absolute Gasteiger partial charge is 0.407 e. The number of carbonyl (C=O) groups is 3. The van der Waals surface area contributed by atoms with E-state index in [2.05, 4.69) is 10.6 Å². The molecule has 0 fully saturated rings. The van der Waals surface area contributed by atoms with Crippen molar-refractivity contribution in [2.24, 2.45) is 0 Å². The lowest BCUT2D eigenvalue weighted by Gasteiger charge is -2.19. The van der Waals surface area contributed by atoms with E-state index in [1.165, 1.54) is 0 Å². The van der Waals surface area contributed by atoms with Gasteiger partial charge in [-0.05, 0) is 74.7 Å². The Labute approximate surface area is 245 Å². The molecule has 0 saturated carbocycles. The van der Waals surface area contributed by atoms with Gasteiger partial charge in [0.15, 0.2) is 5.76 Å². The van der Waals surface area contributed by atoms with Crippen LogP contribution >= 0.6 is 0 Å². The van der Waals surface area contributed by atoms with E-state index < -0.39 is 11.7 Å². The Morgan fingerprint density at radius 3 is 2.45 bits per heavy atom. The van der Waals surface area contributed by atoms with Crippen LogP contribution in [0.25, 0.3) is 22.1 Å². The fraction of sp³-hybridized carbons (Fsp3) is 0.303. The Hall–Kier alpha value is -4.79. The fourth-order valence-corrected chi connectivity index (χ4v) is 4.40. The molecule has 3 aromatic carbocycles. The van der Waals surface area contributed by atoms with Gasteiger partial charge in [0.1, 0.15) is 23.5 Å². The molecule has 0 aliphatic carbocycles. The summed E-state index contributed by atoms with van der Waals surface area (Å²) in [5.41, 5.74) is 3.99. The molecule has 4 aromatic rings. The van der Waals surface area contributed by atoms with Crippen molar-refractivity contribution in [1.29, 1.82) is 0 Å². The number of fused-ring (bicyclic) bond motifs is 1. The van der Waals surface area contributed by atoms with E-state index in [-0.39, 0.29) is 37.2 Å². The predicted molar refractivity (Wildman–Crippen MR) is 159 cm³/mol. The highest BCUT2D eigenvalue weighted by atomic mass is 16.6. The molecule has 1 aromatic heterocycles. The van der Waals surface area contributed by atoms with Gasteiger partial charge >= 0.3 is 12.1 Å². The quantitative estimate of drug-likeness (QED) is 0.218. The standard InChI is InChI=1S/C33H36N2O7/c1-6-39-29(36)18-24-11-7-8-13-27(24)40-20-22-15-25-17-28(31(37)34-5)41-30(25)26(16-22)23-12-9-10-21(14-23)19-35-32(38)42-33(2,3)4/h7-17H,6,18-20H2,1-5H3,(H,34,37)(H,35,38). The van der Waals surface area contributed by atoms with Crippen molar-refractivity contribution in [3.8, 4) is 16.9 Å². The number of esters is 1. The molecule has 42 heavy (non-hydrogen) atoms. The van der Waals surface area contributed by atoms with E-state index in [1.807, 2.05) is 81.4 Å². The van der Waals surface area contributed by atoms with Gasteiger partial charge in [-0.15, -0.1) is 0 Å². The predicted octanol–water partition coefficient (Wildman–Crippen LogP) is 6.17. The summed E-state index contributed by atoms with van der Waals surface area (Å²) in [4.78, 5) is 36.7. The van der Waals surface area contributed by atoms with E-state index in [9.17, 15) is 14.4 Å². The Morgan fingerprint density at radius 2 is 1.71 bits per heavy atom. The molecule has 9 nitrogen and oxygen atoms in total. The Kier molecular flexibility index (Phi) is 9.52. The topological polar surface area (TPSA) is 116 Å². The minimum Gasteiger partial charge on any atom is -0.489 e. The number of para-hydroxylation sites is 1. The van der Waals surface area contributed by atoms with Crippen molar-refractivity contribution >= 4 is 28.9 Å². The first kappa shape index (κ1) is 30.2. The third-order valence-corrected chi connectivity index (χ3v) is 6.21. The second kappa shape index (κ2) is 13.2. The molecular weight excluding hydrogens is 536 g/mol. The van der Waals surface area contributed by atoms with E-state index >= 15 is 0 Å². The molecule has 1 heterocycles. The molecule has 0 aliphatic heterocycles. The number of hydrogen-bond acceptors (Lipinski definition) is 7. The van der Waals surface area contributed by atoms with Crippen LogP contribution in [0, 0.1) is 0 Å². The molecule has 2 N–H and O–H groups in total. The average Bonchev–Trinajstić information content (AvgIpc) is 3.38. The summed E-state index contributed by atoms with van der Waals surface area (Å²) in [6.07, 6.45) is -0.394. The molecule has 0 saturated heterocycles. The molecule has 0 atom stereocenters. The van der Waals surface area contributed by atoms with E-state index in [0.29, 0.717) is 17.9 Å². The molecule has 4 rings (SSSR count). The van der Waals surface area contributed by atoms with E-state index in [4.69, 9.17) is 18.6 Å². The number of amides is 2. The largest absolute Gasteiger partial charge is 0.489 e. The number of furan rings is 1. The zero-order chi connectivity index (χ0) is 30.3. The molecule has 0 unspecified atom stereocenters. The fourth-order valence-electron chi connectivity index (χ4n) is 4.40. The van der Waals surface area contributed by atoms with Crippen molar-refractivity contribution in [3.05, 3.63) is 89.2 Å². The maximum atomic E-state index is 12.4. The highest BCUT2D eigenvalue weighted by Crippen LogP contribution is 2.34. The summed E-state index contributed by atoms with van der Waals surface area (Å²) in [5, 5.41) is 6.12. The summed E-state index contributed by atoms with van der Waals surface area (Å²) in [6.45, 7) is 7.99. The minimum absolute atomic E-state index is 0.107. The number of benzene rings is 3. The number of alkyl carbamates (subject to hydrolysis) is 1. The highest BCUT2D eigenvalue weighted by molar-refractivity contribution is 6.00. The van der Waals surface area contributed by atoms with Crippen molar-refractivity contribution in [2.75, 3.05) is 13.7 Å². The second-order valence-electron chi connectivity index (χ2n) is 10.7. The van der Waals surface area contributed by atoms with Gasteiger partial charge in [0.05, 0.1) is 13.0 Å². The third kappa shape index (κ3) is 7.90. The first-order valence-corrected chi connectivity index (χ1v) is 13.8. The maximum Gasteiger partial charge on any atom is 0.407 e. The van der Waals surface area contributed by atoms with Gasteiger partial charge in [-0.25, -0.2) is 4.79 Å². The van der Waals surface area contributed by atoms with Crippen molar-refractivity contribution in [3.63, 3.8) is 0 Å². The van der Waals surface area contributed by atoms with Crippen LogP contribution in [0.2, 0.25) is 0 Å². The van der Waals surface area contributed by atoms with Crippen LogP contribution in [0.4, 0.5) is 4.79 Å². The minimum atomic E-state index is -0.596. The molecule has 2 amide bonds. The zero-order valence-electron chi connectivity index (χ0n) is 24.5. The Balaban J connectivity index is 1.64. The summed E-state index contributed by atoms with van der Waals surface area (Å²) >= 11 is 0. The number of nitrogens with one attached hydrogen (secondary N) is 2. The Bertz CT molecular complexity index is 1580. The summed E-state index contributed by atoms with van der Waals surface area (Å²) in [6, 6.07) is 20.6. The van der Waals surface area contributed by atoms with Crippen LogP contribution in [-0.4, -0.2) is 37.2 Å². The molecule has 0 radical (unpaired) electrons. The molecule has 0 aliphatic rings. The van der Waals surface area contributed by atoms with Gasteiger partial charge in [0.2, 0.25) is 0 Å². The number of carbonyl (C=O) groups excluding carboxylic acids is 3. The van der Waals surface area contributed by atoms with Gasteiger partial charge in [-0.3, -0.25) is 9.59 Å². The van der Waals surface area contributed by atoms with Crippen LogP contribution in [0.3, 0.4) is 0 Å². The first-order chi connectivity index (χ1) is 20.1. The Morgan fingerprint density at radius 1 is 0.929 bits per heavy atom. The molecular formula is C33H36N2O7. The summed E-state index contributed by atoms with van der Waals surface area (Å²) in [7, 11) is 1.55. The lowest BCUT2D eigenvalue weighted by atomic mass is 9.99. The van der Waals surface area contributed by atoms with E-state index in [0.717, 1.165) is 33.2 Å². The summed E-state index contributed by atoms with van der Waals surface area (Å²) < 4.78 is 22.6. The average molecular weight is 573 g/mol. The van der Waals surface area contributed by atoms with Gasteiger partial charge in [0.25, 0.3) is 5.91 Å². The second-order valence-corrected chi connectivity index (χ2v) is 10.7. The van der Waals surface area contributed by atoms with Gasteiger partial charge < -0.3 is 29.3 Å². The normalized spacial score (nSPS) is 11.2. The van der Waals surface area contributed by atoms with Crippen LogP contribution < -0.4 is 15.4 Å². The van der Waals surface area contributed by atoms with Crippen molar-refractivity contribution < 1.29 is 33.0 Å². The lowest BCUT2D eigenvalue weighted by molar-refractivity contribution is -0.142. The van der Waals surface area contributed by atoms with Crippen LogP contribution in [0.1, 0.15) is 54.9 Å². The summed E-state index contributed by atoms with van der Waals surface area (Å²) in [5.74, 6) is 0.117. The van der Waals surface area contributed by atoms with E-state index in [1.54, 1.807) is 20.0 Å². The maximum absolute atomic E-state index is 12.4. The molecule has 9 heteroatoms. The SMILES string of the molecule is CCOC(=O)Cc1ccccc1OCc1cc(-c2cccc(CNC(=O)OC(C)(C)C)c2)c2oc(C(=O)NC)cc2c1. The van der Waals surface area contributed by atoms with Crippen LogP contribution in [-0.2, 0) is 33.8 Å². The number of rotatable bonds is 10. The molecule has 0 bridgehead atoms. The number of hydrogen-bond donors (Lipinski definition) is 2. The van der Waals surface area contributed by atoms with Crippen molar-refractivity contribution in [1.82, 2.24) is 10.6 Å².